The Morgan fingerprint density at radius 2 is 1.96 bits per heavy atom. The molecule has 23 heavy (non-hydrogen) atoms. The number of hydrogen-bond donors (Lipinski definition) is 1. The number of aromatic nitrogens is 3. The van der Waals surface area contributed by atoms with Gasteiger partial charge < -0.3 is 14.6 Å². The lowest BCUT2D eigenvalue weighted by Crippen LogP contribution is -2.42. The number of piperidine rings is 1. The highest BCUT2D eigenvalue weighted by atomic mass is 16.3. The van der Waals surface area contributed by atoms with Gasteiger partial charge in [0.2, 0.25) is 5.91 Å². The van der Waals surface area contributed by atoms with Crippen LogP contribution in [0.4, 0.5) is 0 Å². The molecule has 0 radical (unpaired) electrons. The first kappa shape index (κ1) is 15.1. The molecule has 2 saturated carbocycles. The second kappa shape index (κ2) is 5.58. The number of amides is 1. The Morgan fingerprint density at radius 3 is 2.57 bits per heavy atom. The molecular weight excluding hydrogens is 292 g/mol. The summed E-state index contributed by atoms with van der Waals surface area (Å²) in [5.41, 5.74) is -0.819. The number of likely N-dealkylation sites (tertiary alicyclic amines) is 1. The van der Waals surface area contributed by atoms with Crippen molar-refractivity contribution in [3.8, 4) is 0 Å². The molecule has 1 atom stereocenters. The molecule has 2 heterocycles. The summed E-state index contributed by atoms with van der Waals surface area (Å²) in [6.45, 7) is 3.34. The maximum Gasteiger partial charge on any atom is 0.225 e. The number of nitrogens with zero attached hydrogens (tertiary/aromatic N) is 4. The quantitative estimate of drug-likeness (QED) is 0.899. The van der Waals surface area contributed by atoms with Crippen molar-refractivity contribution in [2.24, 2.45) is 5.92 Å². The first-order valence-corrected chi connectivity index (χ1v) is 8.94. The largest absolute Gasteiger partial charge is 0.389 e. The van der Waals surface area contributed by atoms with Crippen LogP contribution in [0.1, 0.15) is 69.7 Å². The number of hydrogen-bond acceptors (Lipinski definition) is 4. The van der Waals surface area contributed by atoms with E-state index in [0.29, 0.717) is 17.9 Å². The molecule has 3 aliphatic rings. The van der Waals surface area contributed by atoms with Gasteiger partial charge in [-0.15, -0.1) is 10.2 Å². The lowest BCUT2D eigenvalue weighted by Gasteiger charge is -2.34. The third kappa shape index (κ3) is 3.13. The third-order valence-corrected chi connectivity index (χ3v) is 5.72. The number of carbonyl (C=O) groups excluding carboxylic acids is 1. The van der Waals surface area contributed by atoms with Gasteiger partial charge in [-0.25, -0.2) is 0 Å². The molecule has 0 bridgehead atoms. The van der Waals surface area contributed by atoms with Crippen molar-refractivity contribution in [3.63, 3.8) is 0 Å². The van der Waals surface area contributed by atoms with E-state index in [4.69, 9.17) is 0 Å². The molecule has 126 valence electrons. The van der Waals surface area contributed by atoms with Gasteiger partial charge in [0.1, 0.15) is 12.2 Å². The van der Waals surface area contributed by atoms with Gasteiger partial charge in [0.25, 0.3) is 0 Å². The number of aliphatic hydroxyl groups is 1. The minimum Gasteiger partial charge on any atom is -0.389 e. The maximum absolute atomic E-state index is 12.5. The van der Waals surface area contributed by atoms with Crippen LogP contribution in [0.2, 0.25) is 0 Å². The van der Waals surface area contributed by atoms with Crippen molar-refractivity contribution >= 4 is 5.91 Å². The lowest BCUT2D eigenvalue weighted by molar-refractivity contribution is -0.137. The molecule has 0 spiro atoms. The van der Waals surface area contributed by atoms with Crippen LogP contribution in [0.5, 0.6) is 0 Å². The number of rotatable bonds is 5. The molecule has 0 aromatic carbocycles. The topological polar surface area (TPSA) is 71.2 Å². The fourth-order valence-electron chi connectivity index (χ4n) is 3.83. The van der Waals surface area contributed by atoms with Crippen LogP contribution in [0.15, 0.2) is 6.33 Å². The monoisotopic (exact) mass is 318 g/mol. The van der Waals surface area contributed by atoms with Crippen molar-refractivity contribution in [3.05, 3.63) is 12.2 Å². The summed E-state index contributed by atoms with van der Waals surface area (Å²) < 4.78 is 2.24. The van der Waals surface area contributed by atoms with Gasteiger partial charge in [0.15, 0.2) is 0 Å². The second-order valence-electron chi connectivity index (χ2n) is 7.79. The highest BCUT2D eigenvalue weighted by Gasteiger charge is 2.42. The Labute approximate surface area is 136 Å². The summed E-state index contributed by atoms with van der Waals surface area (Å²) in [4.78, 5) is 14.4. The molecule has 1 unspecified atom stereocenters. The summed E-state index contributed by atoms with van der Waals surface area (Å²) in [5.74, 6) is 1.93. The van der Waals surface area contributed by atoms with Crippen molar-refractivity contribution in [2.75, 3.05) is 13.1 Å². The molecule has 1 aromatic heterocycles. The van der Waals surface area contributed by atoms with Crippen LogP contribution in [-0.2, 0) is 4.79 Å². The molecule has 1 amide bonds. The van der Waals surface area contributed by atoms with Crippen molar-refractivity contribution in [1.29, 1.82) is 0 Å². The van der Waals surface area contributed by atoms with E-state index in [1.54, 1.807) is 0 Å². The Balaban J connectivity index is 1.33. The van der Waals surface area contributed by atoms with Crippen LogP contribution >= 0.6 is 0 Å². The van der Waals surface area contributed by atoms with E-state index < -0.39 is 5.60 Å². The van der Waals surface area contributed by atoms with Crippen LogP contribution in [-0.4, -0.2) is 49.4 Å². The number of carbonyl (C=O) groups is 1. The van der Waals surface area contributed by atoms with Crippen LogP contribution in [0.3, 0.4) is 0 Å². The van der Waals surface area contributed by atoms with E-state index in [9.17, 15) is 9.90 Å². The summed E-state index contributed by atoms with van der Waals surface area (Å²) in [5, 5.41) is 18.8. The van der Waals surface area contributed by atoms with Crippen LogP contribution < -0.4 is 0 Å². The zero-order valence-corrected chi connectivity index (χ0v) is 13.8. The fourth-order valence-corrected chi connectivity index (χ4v) is 3.83. The zero-order chi connectivity index (χ0) is 16.0. The second-order valence-corrected chi connectivity index (χ2v) is 7.79. The van der Waals surface area contributed by atoms with Gasteiger partial charge in [-0.1, -0.05) is 0 Å². The average molecular weight is 318 g/mol. The third-order valence-electron chi connectivity index (χ3n) is 5.72. The minimum absolute atomic E-state index is 0.101. The molecule has 6 nitrogen and oxygen atoms in total. The van der Waals surface area contributed by atoms with Crippen molar-refractivity contribution in [1.82, 2.24) is 19.7 Å². The highest BCUT2D eigenvalue weighted by molar-refractivity contribution is 5.77. The van der Waals surface area contributed by atoms with Crippen molar-refractivity contribution in [2.45, 2.75) is 69.4 Å². The fraction of sp³-hybridized carbons (Fsp3) is 0.824. The Hall–Kier alpha value is -1.43. The van der Waals surface area contributed by atoms with Crippen LogP contribution in [0.25, 0.3) is 0 Å². The molecule has 4 rings (SSSR count). The van der Waals surface area contributed by atoms with Gasteiger partial charge in [0, 0.05) is 25.0 Å². The standard InChI is InChI=1S/C17H26N4O2/c1-17(23,13-2-3-13)10-15(22)20-8-6-12(7-9-20)16-19-18-11-21(16)14-4-5-14/h11-14,23H,2-10H2,1H3. The maximum atomic E-state index is 12.5. The predicted octanol–water partition coefficient (Wildman–Crippen LogP) is 1.87. The van der Waals surface area contributed by atoms with E-state index in [1.165, 1.54) is 12.8 Å². The Kier molecular flexibility index (Phi) is 3.67. The summed E-state index contributed by atoms with van der Waals surface area (Å²) in [7, 11) is 0. The summed E-state index contributed by atoms with van der Waals surface area (Å²) in [6.07, 6.45) is 8.60. The van der Waals surface area contributed by atoms with E-state index in [0.717, 1.165) is 44.6 Å². The zero-order valence-electron chi connectivity index (χ0n) is 13.8. The van der Waals surface area contributed by atoms with E-state index in [-0.39, 0.29) is 12.3 Å². The first-order chi connectivity index (χ1) is 11.0. The summed E-state index contributed by atoms with van der Waals surface area (Å²) in [6, 6.07) is 0.605. The van der Waals surface area contributed by atoms with E-state index in [2.05, 4.69) is 14.8 Å². The Bertz CT molecular complexity index is 581. The minimum atomic E-state index is -0.819. The molecule has 1 saturated heterocycles. The Morgan fingerprint density at radius 1 is 1.26 bits per heavy atom. The SMILES string of the molecule is CC(O)(CC(=O)N1CCC(c2nncn2C2CC2)CC1)C1CC1. The van der Waals surface area contributed by atoms with Crippen LogP contribution in [0, 0.1) is 5.92 Å². The average Bonchev–Trinajstić information content (AvgIpc) is 3.44. The highest BCUT2D eigenvalue weighted by Crippen LogP contribution is 2.42. The molecule has 1 N–H and O–H groups in total. The van der Waals surface area contributed by atoms with Gasteiger partial charge in [-0.05, 0) is 51.4 Å². The molecule has 1 aromatic rings. The molecule has 2 aliphatic carbocycles. The normalized spacial score (nSPS) is 25.4. The first-order valence-electron chi connectivity index (χ1n) is 8.94. The van der Waals surface area contributed by atoms with Gasteiger partial charge in [-0.2, -0.15) is 0 Å². The smallest absolute Gasteiger partial charge is 0.225 e. The van der Waals surface area contributed by atoms with E-state index in [1.807, 2.05) is 18.2 Å². The van der Waals surface area contributed by atoms with E-state index >= 15 is 0 Å². The van der Waals surface area contributed by atoms with Gasteiger partial charge in [0.05, 0.1) is 12.0 Å². The molecule has 3 fully saturated rings. The van der Waals surface area contributed by atoms with Gasteiger partial charge in [-0.3, -0.25) is 4.79 Å². The molecule has 6 heteroatoms. The van der Waals surface area contributed by atoms with Crippen molar-refractivity contribution < 1.29 is 9.90 Å². The predicted molar refractivity (Wildman–Crippen MR) is 84.8 cm³/mol. The molecular formula is C17H26N4O2. The van der Waals surface area contributed by atoms with Gasteiger partial charge >= 0.3 is 0 Å². The summed E-state index contributed by atoms with van der Waals surface area (Å²) >= 11 is 0. The lowest BCUT2D eigenvalue weighted by atomic mass is 9.92. The molecule has 1 aliphatic heterocycles.